The van der Waals surface area contributed by atoms with Gasteiger partial charge in [-0.1, -0.05) is 46.9 Å². The van der Waals surface area contributed by atoms with Gasteiger partial charge in [-0.15, -0.1) is 0 Å². The van der Waals surface area contributed by atoms with Crippen molar-refractivity contribution in [2.75, 3.05) is 11.9 Å². The third-order valence-electron chi connectivity index (χ3n) is 2.77. The van der Waals surface area contributed by atoms with Crippen molar-refractivity contribution in [2.45, 2.75) is 6.54 Å². The van der Waals surface area contributed by atoms with Crippen LogP contribution in [-0.2, 0) is 11.3 Å². The minimum Gasteiger partial charge on any atom is -0.375 e. The number of benzene rings is 2. The second-order valence-electron chi connectivity index (χ2n) is 4.38. The monoisotopic (exact) mass is 342 g/mol. The van der Waals surface area contributed by atoms with E-state index in [1.165, 1.54) is 0 Å². The van der Waals surface area contributed by atoms with Gasteiger partial charge in [0.1, 0.15) is 0 Å². The molecule has 3 nitrogen and oxygen atoms in total. The van der Waals surface area contributed by atoms with E-state index in [0.29, 0.717) is 27.3 Å². The predicted molar refractivity (Wildman–Crippen MR) is 88.3 cm³/mol. The highest BCUT2D eigenvalue weighted by molar-refractivity contribution is 6.36. The molecular weight excluding hydrogens is 331 g/mol. The Hall–Kier alpha value is -1.42. The van der Waals surface area contributed by atoms with E-state index < -0.39 is 0 Å². The normalized spacial score (nSPS) is 10.2. The topological polar surface area (TPSA) is 41.1 Å². The van der Waals surface area contributed by atoms with Crippen LogP contribution in [0.15, 0.2) is 42.5 Å². The molecule has 0 bridgehead atoms. The molecule has 2 rings (SSSR count). The molecule has 2 N–H and O–H groups in total. The summed E-state index contributed by atoms with van der Waals surface area (Å²) in [6.07, 6.45) is 0. The predicted octanol–water partition coefficient (Wildman–Crippen LogP) is 4.38. The van der Waals surface area contributed by atoms with Crippen LogP contribution in [0, 0.1) is 0 Å². The number of rotatable bonds is 5. The van der Waals surface area contributed by atoms with E-state index >= 15 is 0 Å². The number of hydrogen-bond donors (Lipinski definition) is 2. The molecule has 6 heteroatoms. The molecular formula is C15H13Cl3N2O. The molecule has 0 aliphatic carbocycles. The first kappa shape index (κ1) is 16.0. The van der Waals surface area contributed by atoms with Crippen molar-refractivity contribution in [3.8, 4) is 0 Å². The molecule has 0 saturated carbocycles. The lowest BCUT2D eigenvalue weighted by atomic mass is 10.2. The molecule has 0 heterocycles. The molecule has 2 aromatic rings. The summed E-state index contributed by atoms with van der Waals surface area (Å²) in [5.74, 6) is -0.129. The van der Waals surface area contributed by atoms with Crippen molar-refractivity contribution >= 4 is 46.4 Å². The first-order valence-corrected chi connectivity index (χ1v) is 7.38. The standard InChI is InChI=1S/C15H13Cl3N2O/c16-11-3-1-10(2-4-11)8-20-15(21)9-19-14-6-5-12(17)7-13(14)18/h1-7,19H,8-9H2,(H,20,21). The Kier molecular flexibility index (Phi) is 5.74. The van der Waals surface area contributed by atoms with Gasteiger partial charge < -0.3 is 10.6 Å². The van der Waals surface area contributed by atoms with Crippen molar-refractivity contribution in [3.05, 3.63) is 63.1 Å². The maximum absolute atomic E-state index is 11.8. The Morgan fingerprint density at radius 2 is 1.62 bits per heavy atom. The number of nitrogens with one attached hydrogen (secondary N) is 2. The summed E-state index contributed by atoms with van der Waals surface area (Å²) in [5.41, 5.74) is 1.65. The van der Waals surface area contributed by atoms with Crippen LogP contribution in [0.1, 0.15) is 5.56 Å². The van der Waals surface area contributed by atoms with Crippen LogP contribution in [0.2, 0.25) is 15.1 Å². The van der Waals surface area contributed by atoms with Crippen molar-refractivity contribution in [1.82, 2.24) is 5.32 Å². The van der Waals surface area contributed by atoms with Gasteiger partial charge in [0.15, 0.2) is 0 Å². The molecule has 0 atom stereocenters. The molecule has 0 radical (unpaired) electrons. The van der Waals surface area contributed by atoms with E-state index in [9.17, 15) is 4.79 Å². The van der Waals surface area contributed by atoms with E-state index in [0.717, 1.165) is 5.56 Å². The average Bonchev–Trinajstić information content (AvgIpc) is 2.46. The lowest BCUT2D eigenvalue weighted by Gasteiger charge is -2.09. The Labute approximate surface area is 138 Å². The van der Waals surface area contributed by atoms with Crippen LogP contribution >= 0.6 is 34.8 Å². The molecule has 0 spiro atoms. The minimum atomic E-state index is -0.129. The SMILES string of the molecule is O=C(CNc1ccc(Cl)cc1Cl)NCc1ccc(Cl)cc1. The Balaban J connectivity index is 1.80. The number of anilines is 1. The van der Waals surface area contributed by atoms with Gasteiger partial charge in [-0.25, -0.2) is 0 Å². The summed E-state index contributed by atoms with van der Waals surface area (Å²) in [6.45, 7) is 0.584. The van der Waals surface area contributed by atoms with Crippen molar-refractivity contribution in [2.24, 2.45) is 0 Å². The quantitative estimate of drug-likeness (QED) is 0.846. The fourth-order valence-electron chi connectivity index (χ4n) is 1.67. The first-order valence-electron chi connectivity index (χ1n) is 6.24. The smallest absolute Gasteiger partial charge is 0.239 e. The van der Waals surface area contributed by atoms with Crippen LogP contribution in [-0.4, -0.2) is 12.5 Å². The van der Waals surface area contributed by atoms with E-state index in [4.69, 9.17) is 34.8 Å². The number of amides is 1. The molecule has 1 amide bonds. The fourth-order valence-corrected chi connectivity index (χ4v) is 2.28. The van der Waals surface area contributed by atoms with Crippen molar-refractivity contribution in [1.29, 1.82) is 0 Å². The number of carbonyl (C=O) groups excluding carboxylic acids is 1. The zero-order valence-corrected chi connectivity index (χ0v) is 13.3. The van der Waals surface area contributed by atoms with Gasteiger partial charge in [0.25, 0.3) is 0 Å². The molecule has 0 saturated heterocycles. The van der Waals surface area contributed by atoms with Gasteiger partial charge in [0.05, 0.1) is 17.3 Å². The number of carbonyl (C=O) groups is 1. The summed E-state index contributed by atoms with van der Waals surface area (Å²) in [4.78, 5) is 11.8. The van der Waals surface area contributed by atoms with E-state index in [1.807, 2.05) is 12.1 Å². The van der Waals surface area contributed by atoms with Gasteiger partial charge in [0.2, 0.25) is 5.91 Å². The van der Waals surface area contributed by atoms with Gasteiger partial charge >= 0.3 is 0 Å². The second-order valence-corrected chi connectivity index (χ2v) is 5.66. The summed E-state index contributed by atoms with van der Waals surface area (Å²) < 4.78 is 0. The third-order valence-corrected chi connectivity index (χ3v) is 3.57. The van der Waals surface area contributed by atoms with Gasteiger partial charge in [-0.3, -0.25) is 4.79 Å². The van der Waals surface area contributed by atoms with Crippen molar-refractivity contribution in [3.63, 3.8) is 0 Å². The highest BCUT2D eigenvalue weighted by Gasteiger charge is 2.04. The zero-order valence-electron chi connectivity index (χ0n) is 11.0. The summed E-state index contributed by atoms with van der Waals surface area (Å²) in [7, 11) is 0. The fraction of sp³-hybridized carbons (Fsp3) is 0.133. The Morgan fingerprint density at radius 3 is 2.29 bits per heavy atom. The lowest BCUT2D eigenvalue weighted by molar-refractivity contribution is -0.119. The molecule has 2 aromatic carbocycles. The highest BCUT2D eigenvalue weighted by Crippen LogP contribution is 2.24. The molecule has 0 unspecified atom stereocenters. The third kappa shape index (κ3) is 5.12. The molecule has 0 aliphatic rings. The summed E-state index contributed by atoms with van der Waals surface area (Å²) in [6, 6.07) is 12.4. The number of hydrogen-bond acceptors (Lipinski definition) is 2. The van der Waals surface area contributed by atoms with Crippen LogP contribution < -0.4 is 10.6 Å². The minimum absolute atomic E-state index is 0.129. The second kappa shape index (κ2) is 7.55. The Morgan fingerprint density at radius 1 is 0.952 bits per heavy atom. The molecule has 0 aromatic heterocycles. The maximum Gasteiger partial charge on any atom is 0.239 e. The summed E-state index contributed by atoms with van der Waals surface area (Å²) in [5, 5.41) is 7.47. The largest absolute Gasteiger partial charge is 0.375 e. The highest BCUT2D eigenvalue weighted by atomic mass is 35.5. The van der Waals surface area contributed by atoms with Gasteiger partial charge in [-0.2, -0.15) is 0 Å². The molecule has 110 valence electrons. The first-order chi connectivity index (χ1) is 10.0. The number of halogens is 3. The van der Waals surface area contributed by atoms with E-state index in [2.05, 4.69) is 10.6 Å². The van der Waals surface area contributed by atoms with E-state index in [-0.39, 0.29) is 12.5 Å². The summed E-state index contributed by atoms with van der Waals surface area (Å²) >= 11 is 17.6. The molecule has 0 aliphatic heterocycles. The van der Waals surface area contributed by atoms with Crippen molar-refractivity contribution < 1.29 is 4.79 Å². The van der Waals surface area contributed by atoms with Crippen LogP contribution in [0.5, 0.6) is 0 Å². The molecule has 0 fully saturated rings. The van der Waals surface area contributed by atoms with Crippen LogP contribution in [0.3, 0.4) is 0 Å². The van der Waals surface area contributed by atoms with Gasteiger partial charge in [-0.05, 0) is 35.9 Å². The van der Waals surface area contributed by atoms with Crippen LogP contribution in [0.4, 0.5) is 5.69 Å². The molecule has 21 heavy (non-hydrogen) atoms. The maximum atomic E-state index is 11.8. The zero-order chi connectivity index (χ0) is 15.2. The van der Waals surface area contributed by atoms with Crippen LogP contribution in [0.25, 0.3) is 0 Å². The average molecular weight is 344 g/mol. The van der Waals surface area contributed by atoms with Gasteiger partial charge in [0, 0.05) is 16.6 Å². The van der Waals surface area contributed by atoms with E-state index in [1.54, 1.807) is 30.3 Å². The lowest BCUT2D eigenvalue weighted by Crippen LogP contribution is -2.29. The Bertz CT molecular complexity index is 629.